The summed E-state index contributed by atoms with van der Waals surface area (Å²) in [6.07, 6.45) is 7.32. The van der Waals surface area contributed by atoms with Crippen molar-refractivity contribution in [3.63, 3.8) is 0 Å². The predicted molar refractivity (Wildman–Crippen MR) is 116 cm³/mol. The Kier molecular flexibility index (Phi) is 9.08. The normalized spacial score (nSPS) is 26.5. The van der Waals surface area contributed by atoms with Crippen molar-refractivity contribution in [3.8, 4) is 0 Å². The second kappa shape index (κ2) is 10.9. The molecule has 2 fully saturated rings. The van der Waals surface area contributed by atoms with Crippen LogP contribution in [-0.2, 0) is 32.7 Å². The summed E-state index contributed by atoms with van der Waals surface area (Å²) < 4.78 is 1.08. The van der Waals surface area contributed by atoms with Crippen LogP contribution in [0.1, 0.15) is 61.7 Å². The van der Waals surface area contributed by atoms with Crippen molar-refractivity contribution in [3.05, 3.63) is 47.0 Å². The number of aliphatic hydroxyl groups is 2. The molecule has 2 aliphatic rings. The largest absolute Gasteiger partial charge is 0.396 e. The smallest absolute Gasteiger partial charge is 0.0868 e. The van der Waals surface area contributed by atoms with Gasteiger partial charge in [0.05, 0.1) is 12.7 Å². The Labute approximate surface area is 211 Å². The molecule has 1 aromatic carbocycles. The summed E-state index contributed by atoms with van der Waals surface area (Å²) in [5.41, 5.74) is 1.91. The summed E-state index contributed by atoms with van der Waals surface area (Å²) in [4.78, 5) is 4.29. The van der Waals surface area contributed by atoms with E-state index in [-0.39, 0.29) is 50.1 Å². The molecule has 2 saturated carbocycles. The number of aromatic nitrogens is 1. The zero-order chi connectivity index (χ0) is 19.6. The zero-order valence-corrected chi connectivity index (χ0v) is 21.7. The molecule has 2 aliphatic carbocycles. The molecule has 4 atom stereocenters. The Bertz CT molecular complexity index is 749. The Morgan fingerprint density at radius 1 is 1.28 bits per heavy atom. The molecule has 0 amide bonds. The number of rotatable bonds is 8. The molecule has 3 nitrogen and oxygen atoms in total. The first-order valence-electron chi connectivity index (χ1n) is 10.1. The molecule has 4 unspecified atom stereocenters. The van der Waals surface area contributed by atoms with E-state index < -0.39 is 6.10 Å². The van der Waals surface area contributed by atoms with Gasteiger partial charge in [-0.1, -0.05) is 36.9 Å². The summed E-state index contributed by atoms with van der Waals surface area (Å²) >= 11 is 10.0. The van der Waals surface area contributed by atoms with E-state index >= 15 is 0 Å². The van der Waals surface area contributed by atoms with Gasteiger partial charge in [0.2, 0.25) is 0 Å². The van der Waals surface area contributed by atoms with E-state index in [1.807, 2.05) is 0 Å². The first kappa shape index (κ1) is 24.2. The van der Waals surface area contributed by atoms with E-state index in [2.05, 4.69) is 34.6 Å². The summed E-state index contributed by atoms with van der Waals surface area (Å²) in [6, 6.07) is 8.43. The monoisotopic (exact) mass is 525 g/mol. The number of thioether (sulfide) groups is 1. The third-order valence-electron chi connectivity index (χ3n) is 6.71. The van der Waals surface area contributed by atoms with Gasteiger partial charge >= 0.3 is 0 Å². The molecule has 1 aromatic heterocycles. The molecule has 4 rings (SSSR count). The molecular weight excluding hydrogens is 499 g/mol. The van der Waals surface area contributed by atoms with Crippen LogP contribution in [0.5, 0.6) is 0 Å². The number of nitrogens with zero attached hydrogens (tertiary/aromatic N) is 1. The van der Waals surface area contributed by atoms with Crippen LogP contribution >= 0.6 is 34.7 Å². The van der Waals surface area contributed by atoms with Gasteiger partial charge in [-0.2, -0.15) is 17.1 Å². The molecule has 155 valence electrons. The summed E-state index contributed by atoms with van der Waals surface area (Å²) in [6.45, 7) is 0.0586. The fourth-order valence-corrected chi connectivity index (χ4v) is 6.84. The Morgan fingerprint density at radius 3 is 2.62 bits per heavy atom. The van der Waals surface area contributed by atoms with Crippen LogP contribution in [0.15, 0.2) is 34.8 Å². The molecule has 2 N–H and O–H groups in total. The van der Waals surface area contributed by atoms with Gasteiger partial charge in [-0.25, -0.2) is 0 Å². The summed E-state index contributed by atoms with van der Waals surface area (Å²) in [5.74, 6) is 1.98. The van der Waals surface area contributed by atoms with Gasteiger partial charge in [0.25, 0.3) is 0 Å². The number of benzene rings is 1. The molecule has 0 bridgehead atoms. The topological polar surface area (TPSA) is 53.4 Å². The minimum absolute atomic E-state index is 0. The summed E-state index contributed by atoms with van der Waals surface area (Å²) in [7, 11) is 0. The van der Waals surface area contributed by atoms with E-state index in [0.29, 0.717) is 11.8 Å². The number of thiazole rings is 1. The van der Waals surface area contributed by atoms with Gasteiger partial charge in [-0.3, -0.25) is 0 Å². The molecule has 0 spiro atoms. The van der Waals surface area contributed by atoms with Crippen LogP contribution in [0.3, 0.4) is 0 Å². The zero-order valence-electron chi connectivity index (χ0n) is 16.5. The second-order valence-electron chi connectivity index (χ2n) is 8.19. The maximum Gasteiger partial charge on any atom is 0.0868 e. The standard InChI is InChI=1S/C22H27ClNO2S2.Y/c23-19-7-6-17(18(19)8-12-27-21-24-11-13-28-21)15-2-4-16(5-3-15)20(26)22(14-25)9-1-10-22;/h2-5,11,17-20,25-26H,1,6-10,12,14H2;/q-1;. The van der Waals surface area contributed by atoms with Crippen molar-refractivity contribution >= 4 is 34.7 Å². The molecule has 0 aliphatic heterocycles. The maximum atomic E-state index is 10.8. The van der Waals surface area contributed by atoms with E-state index in [1.165, 1.54) is 5.56 Å². The number of alkyl halides is 1. The van der Waals surface area contributed by atoms with Crippen molar-refractivity contribution in [2.24, 2.45) is 11.3 Å². The van der Waals surface area contributed by atoms with Crippen molar-refractivity contribution in [1.82, 2.24) is 4.98 Å². The van der Waals surface area contributed by atoms with Crippen molar-refractivity contribution in [2.75, 3.05) is 12.4 Å². The Balaban J connectivity index is 0.00000240. The third-order valence-corrected chi connectivity index (χ3v) is 9.15. The van der Waals surface area contributed by atoms with Crippen LogP contribution in [0.25, 0.3) is 0 Å². The van der Waals surface area contributed by atoms with Crippen molar-refractivity contribution in [1.29, 1.82) is 0 Å². The van der Waals surface area contributed by atoms with Crippen LogP contribution in [0, 0.1) is 16.7 Å². The number of hydrogen-bond acceptors (Lipinski definition) is 5. The average Bonchev–Trinajstić information content (AvgIpc) is 3.32. The van der Waals surface area contributed by atoms with Crippen LogP contribution < -0.4 is 0 Å². The maximum absolute atomic E-state index is 10.8. The van der Waals surface area contributed by atoms with Gasteiger partial charge in [-0.15, -0.1) is 11.6 Å². The SMILES string of the molecule is OCC1(C(O)c2ccc(C3CCC(Cl)C3CCSc3nc[c-]s3)cc2)CCC1.[Y]. The van der Waals surface area contributed by atoms with Crippen LogP contribution in [0.2, 0.25) is 0 Å². The molecule has 1 heterocycles. The number of aliphatic hydroxyl groups excluding tert-OH is 2. The first-order valence-corrected chi connectivity index (χ1v) is 12.3. The number of halogens is 1. The molecule has 1 radical (unpaired) electrons. The molecule has 7 heteroatoms. The van der Waals surface area contributed by atoms with Crippen LogP contribution in [0.4, 0.5) is 0 Å². The Morgan fingerprint density at radius 2 is 2.03 bits per heavy atom. The Hall–Kier alpha value is 0.514. The van der Waals surface area contributed by atoms with E-state index in [0.717, 1.165) is 54.2 Å². The van der Waals surface area contributed by atoms with Gasteiger partial charge in [0.15, 0.2) is 0 Å². The van der Waals surface area contributed by atoms with Crippen LogP contribution in [-0.4, -0.2) is 32.9 Å². The third kappa shape index (κ3) is 5.30. The minimum Gasteiger partial charge on any atom is -0.396 e. The minimum atomic E-state index is -0.577. The van der Waals surface area contributed by atoms with E-state index in [4.69, 9.17) is 11.6 Å². The van der Waals surface area contributed by atoms with Crippen molar-refractivity contribution in [2.45, 2.75) is 60.3 Å². The quantitative estimate of drug-likeness (QED) is 0.274. The fraction of sp³-hybridized carbons (Fsp3) is 0.591. The first-order chi connectivity index (χ1) is 13.6. The molecular formula is C22H27ClNO2S2Y-. The average molecular weight is 526 g/mol. The molecule has 0 saturated heterocycles. The predicted octanol–water partition coefficient (Wildman–Crippen LogP) is 5.42. The van der Waals surface area contributed by atoms with Crippen molar-refractivity contribution < 1.29 is 42.9 Å². The van der Waals surface area contributed by atoms with E-state index in [9.17, 15) is 10.2 Å². The van der Waals surface area contributed by atoms with E-state index in [1.54, 1.807) is 29.3 Å². The summed E-state index contributed by atoms with van der Waals surface area (Å²) in [5, 5.41) is 23.7. The van der Waals surface area contributed by atoms with Gasteiger partial charge in [0, 0.05) is 43.5 Å². The molecule has 29 heavy (non-hydrogen) atoms. The van der Waals surface area contributed by atoms with Gasteiger partial charge < -0.3 is 26.5 Å². The van der Waals surface area contributed by atoms with Gasteiger partial charge in [0.1, 0.15) is 0 Å². The molecule has 2 aromatic rings. The second-order valence-corrected chi connectivity index (χ2v) is 10.9. The number of hydrogen-bond donors (Lipinski definition) is 2. The fourth-order valence-electron chi connectivity index (χ4n) is 4.77. The van der Waals surface area contributed by atoms with Gasteiger partial charge in [-0.05, 0) is 65.2 Å².